The van der Waals surface area contributed by atoms with Crippen molar-refractivity contribution < 1.29 is 23.2 Å². The van der Waals surface area contributed by atoms with Crippen molar-refractivity contribution >= 4 is 7.82 Å². The minimum atomic E-state index is -3.45. The van der Waals surface area contributed by atoms with Gasteiger partial charge in [-0.2, -0.15) is 0 Å². The van der Waals surface area contributed by atoms with Crippen LogP contribution in [-0.2, 0) is 18.1 Å². The first-order chi connectivity index (χ1) is 6.34. The van der Waals surface area contributed by atoms with Crippen molar-refractivity contribution in [3.63, 3.8) is 0 Å². The second-order valence-corrected chi connectivity index (χ2v) is 5.15. The summed E-state index contributed by atoms with van der Waals surface area (Å²) in [6.45, 7) is 6.70. The third-order valence-corrected chi connectivity index (χ3v) is 4.00. The van der Waals surface area contributed by atoms with Crippen molar-refractivity contribution in [2.24, 2.45) is 0 Å². The quantitative estimate of drug-likeness (QED) is 0.739. The minimum absolute atomic E-state index is 0.248. The van der Waals surface area contributed by atoms with Crippen LogP contribution in [0.1, 0.15) is 27.7 Å². The van der Waals surface area contributed by atoms with Crippen molar-refractivity contribution in [1.29, 1.82) is 0 Å². The molecule has 1 aliphatic heterocycles. The molecule has 1 N–H and O–H groups in total. The summed E-state index contributed by atoms with van der Waals surface area (Å²) in [7, 11) is -3.45. The Kier molecular flexibility index (Phi) is 3.72. The van der Waals surface area contributed by atoms with Gasteiger partial charge in [-0.25, -0.2) is 4.57 Å². The molecule has 0 radical (unpaired) electrons. The van der Waals surface area contributed by atoms with Gasteiger partial charge >= 0.3 is 7.82 Å². The molecule has 6 heteroatoms. The molecule has 1 rings (SSSR count). The summed E-state index contributed by atoms with van der Waals surface area (Å²) in [5.41, 5.74) is 0. The molecule has 1 saturated heterocycles. The summed E-state index contributed by atoms with van der Waals surface area (Å²) >= 11 is 0. The van der Waals surface area contributed by atoms with Gasteiger partial charge in [-0.3, -0.25) is 13.6 Å². The molecule has 4 unspecified atom stereocenters. The van der Waals surface area contributed by atoms with E-state index in [-0.39, 0.29) is 12.2 Å². The molecule has 0 aliphatic carbocycles. The highest BCUT2D eigenvalue weighted by Crippen LogP contribution is 2.58. The van der Waals surface area contributed by atoms with Crippen LogP contribution in [0.15, 0.2) is 0 Å². The standard InChI is InChI=1S/C8H17O5P/c1-5(9)6(2)11-14(10)12-7(3)8(4)13-14/h5-9H,1-4H3. The number of aliphatic hydroxyl groups is 1. The molecule has 14 heavy (non-hydrogen) atoms. The lowest BCUT2D eigenvalue weighted by molar-refractivity contribution is 0.0352. The summed E-state index contributed by atoms with van der Waals surface area (Å²) in [6.07, 6.45) is -1.78. The normalized spacial score (nSPS) is 42.4. The Labute approximate surface area is 84.0 Å². The fourth-order valence-electron chi connectivity index (χ4n) is 0.945. The second kappa shape index (κ2) is 4.29. The van der Waals surface area contributed by atoms with Gasteiger partial charge in [0.15, 0.2) is 0 Å². The molecule has 0 aromatic carbocycles. The number of phosphoric acid groups is 1. The molecule has 0 spiro atoms. The van der Waals surface area contributed by atoms with E-state index in [1.807, 2.05) is 0 Å². The third-order valence-electron chi connectivity index (χ3n) is 2.23. The van der Waals surface area contributed by atoms with Crippen molar-refractivity contribution in [1.82, 2.24) is 0 Å². The number of hydrogen-bond acceptors (Lipinski definition) is 5. The highest BCUT2D eigenvalue weighted by atomic mass is 31.2. The van der Waals surface area contributed by atoms with Gasteiger partial charge in [-0.15, -0.1) is 0 Å². The lowest BCUT2D eigenvalue weighted by Gasteiger charge is -2.18. The zero-order valence-electron chi connectivity index (χ0n) is 8.84. The van der Waals surface area contributed by atoms with Gasteiger partial charge in [0.25, 0.3) is 0 Å². The van der Waals surface area contributed by atoms with Crippen LogP contribution in [0.2, 0.25) is 0 Å². The number of hydrogen-bond donors (Lipinski definition) is 1. The Balaban J connectivity index is 2.57. The van der Waals surface area contributed by atoms with Gasteiger partial charge in [0.05, 0.1) is 24.4 Å². The Morgan fingerprint density at radius 3 is 2.07 bits per heavy atom. The van der Waals surface area contributed by atoms with Crippen LogP contribution in [0.25, 0.3) is 0 Å². The molecule has 0 bridgehead atoms. The molecule has 4 atom stereocenters. The zero-order valence-corrected chi connectivity index (χ0v) is 9.73. The molecule has 0 saturated carbocycles. The summed E-state index contributed by atoms with van der Waals surface area (Å²) < 4.78 is 27.0. The molecular formula is C8H17O5P. The fourth-order valence-corrected chi connectivity index (χ4v) is 2.83. The first-order valence-corrected chi connectivity index (χ1v) is 6.13. The summed E-state index contributed by atoms with van der Waals surface area (Å²) in [6, 6.07) is 0. The average Bonchev–Trinajstić information content (AvgIpc) is 2.25. The van der Waals surface area contributed by atoms with E-state index in [9.17, 15) is 9.67 Å². The Hall–Kier alpha value is 0.0700. The lowest BCUT2D eigenvalue weighted by atomic mass is 10.3. The summed E-state index contributed by atoms with van der Waals surface area (Å²) in [4.78, 5) is 0. The molecule has 1 heterocycles. The van der Waals surface area contributed by atoms with E-state index < -0.39 is 20.0 Å². The maximum Gasteiger partial charge on any atom is 0.475 e. The Morgan fingerprint density at radius 2 is 1.71 bits per heavy atom. The Bertz CT molecular complexity index is 228. The molecular weight excluding hydrogens is 207 g/mol. The van der Waals surface area contributed by atoms with Crippen LogP contribution < -0.4 is 0 Å². The second-order valence-electron chi connectivity index (χ2n) is 3.62. The minimum Gasteiger partial charge on any atom is -0.391 e. The lowest BCUT2D eigenvalue weighted by Crippen LogP contribution is -2.21. The van der Waals surface area contributed by atoms with E-state index in [0.717, 1.165) is 0 Å². The van der Waals surface area contributed by atoms with Crippen molar-refractivity contribution in [3.8, 4) is 0 Å². The van der Waals surface area contributed by atoms with Crippen molar-refractivity contribution in [2.45, 2.75) is 52.1 Å². The molecule has 1 aliphatic rings. The fraction of sp³-hybridized carbons (Fsp3) is 1.00. The van der Waals surface area contributed by atoms with E-state index in [1.165, 1.54) is 0 Å². The van der Waals surface area contributed by atoms with Gasteiger partial charge in [0, 0.05) is 0 Å². The van der Waals surface area contributed by atoms with E-state index >= 15 is 0 Å². The van der Waals surface area contributed by atoms with E-state index in [4.69, 9.17) is 13.6 Å². The van der Waals surface area contributed by atoms with E-state index in [1.54, 1.807) is 27.7 Å². The Morgan fingerprint density at radius 1 is 1.29 bits per heavy atom. The first kappa shape index (κ1) is 12.1. The average molecular weight is 224 g/mol. The number of rotatable bonds is 3. The third kappa shape index (κ3) is 2.78. The van der Waals surface area contributed by atoms with Crippen molar-refractivity contribution in [2.75, 3.05) is 0 Å². The largest absolute Gasteiger partial charge is 0.475 e. The molecule has 84 valence electrons. The SMILES string of the molecule is CC(O)C(C)OP1(=O)OC(C)C(C)O1. The molecule has 1 fully saturated rings. The van der Waals surface area contributed by atoms with Gasteiger partial charge in [-0.05, 0) is 27.7 Å². The number of aliphatic hydroxyl groups excluding tert-OH is 1. The van der Waals surface area contributed by atoms with Gasteiger partial charge < -0.3 is 5.11 Å². The van der Waals surface area contributed by atoms with Crippen LogP contribution in [-0.4, -0.2) is 29.5 Å². The van der Waals surface area contributed by atoms with Gasteiger partial charge in [0.2, 0.25) is 0 Å². The van der Waals surface area contributed by atoms with Gasteiger partial charge in [-0.1, -0.05) is 0 Å². The molecule has 0 aromatic rings. The van der Waals surface area contributed by atoms with Crippen LogP contribution in [0.3, 0.4) is 0 Å². The molecule has 0 aromatic heterocycles. The topological polar surface area (TPSA) is 65.0 Å². The maximum atomic E-state index is 11.8. The number of phosphoric ester groups is 1. The van der Waals surface area contributed by atoms with Gasteiger partial charge in [0.1, 0.15) is 0 Å². The zero-order chi connectivity index (χ0) is 10.9. The predicted octanol–water partition coefficient (Wildman–Crippen LogP) is 1.70. The predicted molar refractivity (Wildman–Crippen MR) is 50.9 cm³/mol. The monoisotopic (exact) mass is 224 g/mol. The highest BCUT2D eigenvalue weighted by Gasteiger charge is 2.43. The maximum absolute atomic E-state index is 11.8. The van der Waals surface area contributed by atoms with Crippen LogP contribution in [0, 0.1) is 0 Å². The first-order valence-electron chi connectivity index (χ1n) is 4.67. The smallest absolute Gasteiger partial charge is 0.391 e. The molecule has 5 nitrogen and oxygen atoms in total. The van der Waals surface area contributed by atoms with E-state index in [0.29, 0.717) is 0 Å². The van der Waals surface area contributed by atoms with E-state index in [2.05, 4.69) is 0 Å². The van der Waals surface area contributed by atoms with Crippen LogP contribution >= 0.6 is 7.82 Å². The van der Waals surface area contributed by atoms with Crippen LogP contribution in [0.4, 0.5) is 0 Å². The van der Waals surface area contributed by atoms with Crippen LogP contribution in [0.5, 0.6) is 0 Å². The highest BCUT2D eigenvalue weighted by molar-refractivity contribution is 7.48. The van der Waals surface area contributed by atoms with Crippen molar-refractivity contribution in [3.05, 3.63) is 0 Å². The summed E-state index contributed by atoms with van der Waals surface area (Å²) in [5, 5.41) is 9.17. The molecule has 0 amide bonds. The summed E-state index contributed by atoms with van der Waals surface area (Å²) in [5.74, 6) is 0.